The first kappa shape index (κ1) is 12.2. The van der Waals surface area contributed by atoms with Gasteiger partial charge < -0.3 is 14.4 Å². The largest absolute Gasteiger partial charge is 0.497 e. The van der Waals surface area contributed by atoms with Crippen molar-refractivity contribution in [1.82, 2.24) is 5.16 Å². The van der Waals surface area contributed by atoms with E-state index < -0.39 is 5.97 Å². The number of benzene rings is 2. The number of hydrogen-bond acceptors (Lipinski definition) is 4. The van der Waals surface area contributed by atoms with Crippen molar-refractivity contribution in [3.63, 3.8) is 0 Å². The van der Waals surface area contributed by atoms with Gasteiger partial charge in [-0.2, -0.15) is 0 Å². The van der Waals surface area contributed by atoms with Gasteiger partial charge in [0.05, 0.1) is 12.7 Å². The van der Waals surface area contributed by atoms with Crippen molar-refractivity contribution in [3.05, 3.63) is 48.0 Å². The minimum atomic E-state index is -0.971. The van der Waals surface area contributed by atoms with Crippen LogP contribution < -0.4 is 4.74 Å². The molecule has 0 unspecified atom stereocenters. The number of methoxy groups -OCH3 is 1. The third-order valence-electron chi connectivity index (χ3n) is 3.06. The van der Waals surface area contributed by atoms with E-state index in [1.54, 1.807) is 31.4 Å². The van der Waals surface area contributed by atoms with Gasteiger partial charge >= 0.3 is 5.97 Å². The molecule has 0 spiro atoms. The average Bonchev–Trinajstić information content (AvgIpc) is 2.90. The van der Waals surface area contributed by atoms with E-state index >= 15 is 0 Å². The smallest absolute Gasteiger partial charge is 0.335 e. The van der Waals surface area contributed by atoms with E-state index in [4.69, 9.17) is 14.4 Å². The molecule has 0 aliphatic rings. The number of hydrogen-bond donors (Lipinski definition) is 1. The molecular weight excluding hydrogens is 258 g/mol. The molecule has 0 bridgehead atoms. The van der Waals surface area contributed by atoms with Crippen molar-refractivity contribution in [1.29, 1.82) is 0 Å². The molecule has 0 fully saturated rings. The minimum Gasteiger partial charge on any atom is -0.497 e. The molecular formula is C15H11NO4. The third kappa shape index (κ3) is 1.99. The van der Waals surface area contributed by atoms with Gasteiger partial charge in [0.1, 0.15) is 11.4 Å². The Hall–Kier alpha value is -2.82. The Balaban J connectivity index is 2.15. The number of aromatic nitrogens is 1. The summed E-state index contributed by atoms with van der Waals surface area (Å²) in [6.45, 7) is 0. The monoisotopic (exact) mass is 269 g/mol. The number of carboxylic acid groups (broad SMARTS) is 1. The second-order valence-corrected chi connectivity index (χ2v) is 4.28. The van der Waals surface area contributed by atoms with E-state index in [2.05, 4.69) is 5.16 Å². The molecule has 2 aromatic carbocycles. The molecule has 3 rings (SSSR count). The maximum Gasteiger partial charge on any atom is 0.335 e. The van der Waals surface area contributed by atoms with Gasteiger partial charge in [0.2, 0.25) is 0 Å². The lowest BCUT2D eigenvalue weighted by atomic mass is 10.1. The zero-order valence-corrected chi connectivity index (χ0v) is 10.7. The maximum absolute atomic E-state index is 11.0. The topological polar surface area (TPSA) is 72.6 Å². The normalized spacial score (nSPS) is 10.7. The van der Waals surface area contributed by atoms with E-state index in [9.17, 15) is 4.79 Å². The van der Waals surface area contributed by atoms with Gasteiger partial charge in [-0.25, -0.2) is 4.79 Å². The molecule has 0 radical (unpaired) electrons. The van der Waals surface area contributed by atoms with Crippen LogP contribution in [-0.2, 0) is 0 Å². The highest BCUT2D eigenvalue weighted by Crippen LogP contribution is 2.30. The average molecular weight is 269 g/mol. The van der Waals surface area contributed by atoms with Crippen LogP contribution in [-0.4, -0.2) is 23.3 Å². The first-order valence-corrected chi connectivity index (χ1v) is 5.96. The van der Waals surface area contributed by atoms with Crippen LogP contribution in [0.15, 0.2) is 47.0 Å². The SMILES string of the molecule is COc1ccc2c(-c3cccc(C(=O)O)c3)noc2c1. The van der Waals surface area contributed by atoms with Gasteiger partial charge in [-0.1, -0.05) is 17.3 Å². The molecule has 0 saturated heterocycles. The lowest BCUT2D eigenvalue weighted by Crippen LogP contribution is -1.95. The van der Waals surface area contributed by atoms with Crippen LogP contribution in [0.5, 0.6) is 5.75 Å². The summed E-state index contributed by atoms with van der Waals surface area (Å²) in [5.74, 6) is -0.291. The van der Waals surface area contributed by atoms with Crippen molar-refractivity contribution in [2.45, 2.75) is 0 Å². The molecule has 3 aromatic rings. The number of rotatable bonds is 3. The second-order valence-electron chi connectivity index (χ2n) is 4.28. The Bertz CT molecular complexity index is 791. The van der Waals surface area contributed by atoms with Crippen molar-refractivity contribution in [2.24, 2.45) is 0 Å². The summed E-state index contributed by atoms with van der Waals surface area (Å²) < 4.78 is 10.4. The summed E-state index contributed by atoms with van der Waals surface area (Å²) >= 11 is 0. The van der Waals surface area contributed by atoms with Gasteiger partial charge in [-0.15, -0.1) is 0 Å². The number of aromatic carboxylic acids is 1. The van der Waals surface area contributed by atoms with Crippen LogP contribution in [0.4, 0.5) is 0 Å². The highest BCUT2D eigenvalue weighted by atomic mass is 16.5. The van der Waals surface area contributed by atoms with Crippen molar-refractivity contribution < 1.29 is 19.2 Å². The molecule has 5 nitrogen and oxygen atoms in total. The Kier molecular flexibility index (Phi) is 2.87. The van der Waals surface area contributed by atoms with Gasteiger partial charge in [0, 0.05) is 17.0 Å². The summed E-state index contributed by atoms with van der Waals surface area (Å²) in [5, 5.41) is 13.9. The molecule has 1 heterocycles. The number of nitrogens with zero attached hydrogens (tertiary/aromatic N) is 1. The molecule has 0 atom stereocenters. The van der Waals surface area contributed by atoms with Crippen molar-refractivity contribution >= 4 is 16.9 Å². The molecule has 20 heavy (non-hydrogen) atoms. The van der Waals surface area contributed by atoms with Crippen LogP contribution in [0.25, 0.3) is 22.2 Å². The quantitative estimate of drug-likeness (QED) is 0.790. The number of carboxylic acids is 1. The number of carbonyl (C=O) groups is 1. The van der Waals surface area contributed by atoms with Crippen molar-refractivity contribution in [3.8, 4) is 17.0 Å². The van der Waals surface area contributed by atoms with Crippen LogP contribution >= 0.6 is 0 Å². The van der Waals surface area contributed by atoms with Gasteiger partial charge in [0.15, 0.2) is 5.58 Å². The Morgan fingerprint density at radius 3 is 2.85 bits per heavy atom. The van der Waals surface area contributed by atoms with E-state index in [1.807, 2.05) is 12.1 Å². The van der Waals surface area contributed by atoms with E-state index in [0.717, 1.165) is 5.39 Å². The Morgan fingerprint density at radius 2 is 2.10 bits per heavy atom. The molecule has 0 amide bonds. The lowest BCUT2D eigenvalue weighted by molar-refractivity contribution is 0.0697. The van der Waals surface area contributed by atoms with Gasteiger partial charge in [-0.05, 0) is 24.3 Å². The van der Waals surface area contributed by atoms with Crippen molar-refractivity contribution in [2.75, 3.05) is 7.11 Å². The van der Waals surface area contributed by atoms with Gasteiger partial charge in [0.25, 0.3) is 0 Å². The van der Waals surface area contributed by atoms with Gasteiger partial charge in [-0.3, -0.25) is 0 Å². The van der Waals surface area contributed by atoms with Crippen LogP contribution in [0, 0.1) is 0 Å². The molecule has 100 valence electrons. The second kappa shape index (κ2) is 4.70. The predicted octanol–water partition coefficient (Wildman–Crippen LogP) is 3.20. The fourth-order valence-corrected chi connectivity index (χ4v) is 2.05. The van der Waals surface area contributed by atoms with Crippen LogP contribution in [0.2, 0.25) is 0 Å². The van der Waals surface area contributed by atoms with Crippen LogP contribution in [0.3, 0.4) is 0 Å². The fourth-order valence-electron chi connectivity index (χ4n) is 2.05. The van der Waals surface area contributed by atoms with Crippen LogP contribution in [0.1, 0.15) is 10.4 Å². The number of fused-ring (bicyclic) bond motifs is 1. The third-order valence-corrected chi connectivity index (χ3v) is 3.06. The van der Waals surface area contributed by atoms with E-state index in [0.29, 0.717) is 22.6 Å². The van der Waals surface area contributed by atoms with E-state index in [1.165, 1.54) is 6.07 Å². The predicted molar refractivity (Wildman–Crippen MR) is 73.0 cm³/mol. The first-order chi connectivity index (χ1) is 9.69. The summed E-state index contributed by atoms with van der Waals surface area (Å²) in [6.07, 6.45) is 0. The summed E-state index contributed by atoms with van der Waals surface area (Å²) in [6, 6.07) is 12.0. The van der Waals surface area contributed by atoms with E-state index in [-0.39, 0.29) is 5.56 Å². The zero-order valence-electron chi connectivity index (χ0n) is 10.7. The Morgan fingerprint density at radius 1 is 1.25 bits per heavy atom. The maximum atomic E-state index is 11.0. The minimum absolute atomic E-state index is 0.215. The molecule has 1 N–H and O–H groups in total. The molecule has 0 aliphatic heterocycles. The lowest BCUT2D eigenvalue weighted by Gasteiger charge is -2.00. The zero-order chi connectivity index (χ0) is 14.1. The Labute approximate surface area is 114 Å². The summed E-state index contributed by atoms with van der Waals surface area (Å²) in [4.78, 5) is 11.0. The fraction of sp³-hybridized carbons (Fsp3) is 0.0667. The molecule has 0 saturated carbocycles. The first-order valence-electron chi connectivity index (χ1n) is 5.96. The molecule has 0 aliphatic carbocycles. The number of ether oxygens (including phenoxy) is 1. The highest BCUT2D eigenvalue weighted by Gasteiger charge is 2.13. The highest BCUT2D eigenvalue weighted by molar-refractivity contribution is 5.94. The summed E-state index contributed by atoms with van der Waals surface area (Å²) in [5.41, 5.74) is 2.13. The molecule has 5 heteroatoms. The molecule has 1 aromatic heterocycles. The summed E-state index contributed by atoms with van der Waals surface area (Å²) in [7, 11) is 1.58. The standard InChI is InChI=1S/C15H11NO4/c1-19-11-5-6-12-13(8-11)20-16-14(12)9-3-2-4-10(7-9)15(17)18/h2-8H,1H3,(H,17,18).